The fourth-order valence-electron chi connectivity index (χ4n) is 3.44. The lowest BCUT2D eigenvalue weighted by molar-refractivity contribution is -0.147. The Morgan fingerprint density at radius 3 is 3.04 bits per heavy atom. The maximum atomic E-state index is 11.4. The number of ether oxygens (including phenoxy) is 1. The summed E-state index contributed by atoms with van der Waals surface area (Å²) in [4.78, 5) is 32.3. The zero-order valence-electron chi connectivity index (χ0n) is 15.1. The number of hydrogen-bond donors (Lipinski definition) is 3. The maximum absolute atomic E-state index is 11.4. The summed E-state index contributed by atoms with van der Waals surface area (Å²) < 4.78 is 5.38. The number of anilines is 2. The molecule has 1 aliphatic heterocycles. The molecule has 0 bridgehead atoms. The Morgan fingerprint density at radius 1 is 1.21 bits per heavy atom. The van der Waals surface area contributed by atoms with E-state index in [9.17, 15) is 4.79 Å². The van der Waals surface area contributed by atoms with Gasteiger partial charge in [0.05, 0.1) is 17.4 Å². The van der Waals surface area contributed by atoms with Crippen LogP contribution in [0.4, 0.5) is 11.8 Å². The molecule has 3 N–H and O–H groups in total. The normalized spacial score (nSPS) is 16.1. The number of nitrogens with one attached hydrogen (secondary N) is 3. The van der Waals surface area contributed by atoms with Crippen LogP contribution in [0.5, 0.6) is 0 Å². The molecule has 0 spiro atoms. The van der Waals surface area contributed by atoms with E-state index in [4.69, 9.17) is 4.74 Å². The lowest BCUT2D eigenvalue weighted by Crippen LogP contribution is -2.31. The first-order valence-corrected chi connectivity index (χ1v) is 8.90. The van der Waals surface area contributed by atoms with Crippen molar-refractivity contribution in [2.45, 2.75) is 19.6 Å². The molecule has 4 aromatic rings. The van der Waals surface area contributed by atoms with E-state index in [2.05, 4.69) is 35.6 Å². The van der Waals surface area contributed by atoms with Crippen molar-refractivity contribution in [3.63, 3.8) is 0 Å². The van der Waals surface area contributed by atoms with Gasteiger partial charge in [-0.05, 0) is 17.7 Å². The first-order valence-electron chi connectivity index (χ1n) is 8.90. The van der Waals surface area contributed by atoms with Crippen LogP contribution in [0, 0.1) is 0 Å². The van der Waals surface area contributed by atoms with Crippen LogP contribution >= 0.6 is 0 Å². The molecule has 0 amide bonds. The van der Waals surface area contributed by atoms with Crippen molar-refractivity contribution in [1.82, 2.24) is 30.2 Å². The second-order valence-electron chi connectivity index (χ2n) is 6.60. The van der Waals surface area contributed by atoms with Gasteiger partial charge in [0.25, 0.3) is 0 Å². The van der Waals surface area contributed by atoms with Crippen molar-refractivity contribution >= 4 is 39.7 Å². The van der Waals surface area contributed by atoms with Gasteiger partial charge in [-0.15, -0.1) is 0 Å². The van der Waals surface area contributed by atoms with Crippen molar-refractivity contribution in [3.8, 4) is 0 Å². The monoisotopic (exact) mass is 375 g/mol. The lowest BCUT2D eigenvalue weighted by Gasteiger charge is -2.25. The number of pyridine rings is 2. The van der Waals surface area contributed by atoms with Crippen molar-refractivity contribution in [2.24, 2.45) is 0 Å². The van der Waals surface area contributed by atoms with E-state index < -0.39 is 6.10 Å². The molecule has 0 radical (unpaired) electrons. The second kappa shape index (κ2) is 6.54. The Kier molecular flexibility index (Phi) is 3.87. The second-order valence-corrected chi connectivity index (χ2v) is 6.60. The molecule has 1 aliphatic rings. The van der Waals surface area contributed by atoms with Gasteiger partial charge < -0.3 is 20.4 Å². The largest absolute Gasteiger partial charge is 0.455 e. The first-order chi connectivity index (χ1) is 13.7. The Hall–Kier alpha value is -3.59. The Balaban J connectivity index is 1.47. The number of aromatic nitrogens is 5. The minimum absolute atomic E-state index is 0.332. The van der Waals surface area contributed by atoms with Crippen molar-refractivity contribution in [3.05, 3.63) is 48.0 Å². The number of H-pyrrole nitrogens is 1. The molecular formula is C19H17N7O2. The number of esters is 1. The van der Waals surface area contributed by atoms with Gasteiger partial charge in [-0.2, -0.15) is 4.98 Å². The molecule has 28 heavy (non-hydrogen) atoms. The molecular weight excluding hydrogens is 358 g/mol. The molecule has 5 rings (SSSR count). The van der Waals surface area contributed by atoms with E-state index in [1.807, 2.05) is 18.2 Å². The molecule has 0 aromatic carbocycles. The van der Waals surface area contributed by atoms with Crippen LogP contribution in [0.2, 0.25) is 0 Å². The van der Waals surface area contributed by atoms with Gasteiger partial charge in [0, 0.05) is 43.2 Å². The number of hydrogen-bond acceptors (Lipinski definition) is 8. The van der Waals surface area contributed by atoms with Crippen molar-refractivity contribution in [1.29, 1.82) is 0 Å². The number of aromatic amines is 1. The summed E-state index contributed by atoms with van der Waals surface area (Å²) in [6.07, 6.45) is 4.87. The standard InChI is InChI=1S/C19H17N7O2/c1-10(27)28-15-9-21-6-11-2-3-16(24-17(11)15)25-19-22-7-13-12-4-5-20-8-14(12)23-18(13)26-19/h2-5,7-8,15,21H,6,9H2,1H3,(H2,22,23,24,25,26). The smallest absolute Gasteiger partial charge is 0.303 e. The highest BCUT2D eigenvalue weighted by atomic mass is 16.5. The van der Waals surface area contributed by atoms with Crippen LogP contribution < -0.4 is 10.6 Å². The third-order valence-electron chi connectivity index (χ3n) is 4.66. The van der Waals surface area contributed by atoms with E-state index in [1.54, 1.807) is 18.6 Å². The van der Waals surface area contributed by atoms with Crippen LogP contribution in [0.25, 0.3) is 21.9 Å². The summed E-state index contributed by atoms with van der Waals surface area (Å²) >= 11 is 0. The van der Waals surface area contributed by atoms with E-state index in [0.717, 1.165) is 33.2 Å². The Labute approximate surface area is 159 Å². The summed E-state index contributed by atoms with van der Waals surface area (Å²) in [6.45, 7) is 2.62. The zero-order valence-corrected chi connectivity index (χ0v) is 15.1. The highest BCUT2D eigenvalue weighted by Gasteiger charge is 2.24. The van der Waals surface area contributed by atoms with E-state index in [1.165, 1.54) is 6.92 Å². The van der Waals surface area contributed by atoms with Gasteiger partial charge >= 0.3 is 5.97 Å². The molecule has 4 aromatic heterocycles. The minimum atomic E-state index is -0.410. The number of fused-ring (bicyclic) bond motifs is 4. The predicted octanol–water partition coefficient (Wildman–Crippen LogP) is 2.35. The van der Waals surface area contributed by atoms with Crippen LogP contribution in [0.15, 0.2) is 36.8 Å². The first kappa shape index (κ1) is 16.6. The number of carbonyl (C=O) groups excluding carboxylic acids is 1. The third-order valence-corrected chi connectivity index (χ3v) is 4.66. The lowest BCUT2D eigenvalue weighted by atomic mass is 10.0. The highest BCUT2D eigenvalue weighted by molar-refractivity contribution is 6.05. The maximum Gasteiger partial charge on any atom is 0.303 e. The van der Waals surface area contributed by atoms with Gasteiger partial charge in [0.1, 0.15) is 11.5 Å². The fraction of sp³-hybridized carbons (Fsp3) is 0.211. The highest BCUT2D eigenvalue weighted by Crippen LogP contribution is 2.27. The van der Waals surface area contributed by atoms with Gasteiger partial charge in [-0.1, -0.05) is 6.07 Å². The Morgan fingerprint density at radius 2 is 2.14 bits per heavy atom. The van der Waals surface area contributed by atoms with E-state index in [-0.39, 0.29) is 5.97 Å². The number of carbonyl (C=O) groups is 1. The zero-order chi connectivity index (χ0) is 19.1. The fourth-order valence-corrected chi connectivity index (χ4v) is 3.44. The summed E-state index contributed by atoms with van der Waals surface area (Å²) in [6, 6.07) is 5.75. The van der Waals surface area contributed by atoms with Crippen LogP contribution in [-0.2, 0) is 16.1 Å². The van der Waals surface area contributed by atoms with Gasteiger partial charge in [0.15, 0.2) is 6.10 Å². The van der Waals surface area contributed by atoms with E-state index in [0.29, 0.717) is 24.9 Å². The average Bonchev–Trinajstić information content (AvgIpc) is 3.06. The SMILES string of the molecule is CC(=O)OC1CNCc2ccc(Nc3ncc4c(n3)[nH]c3cnccc34)nc21. The molecule has 9 heteroatoms. The third kappa shape index (κ3) is 2.91. The minimum Gasteiger partial charge on any atom is -0.455 e. The molecule has 1 unspecified atom stereocenters. The molecule has 0 aliphatic carbocycles. The topological polar surface area (TPSA) is 118 Å². The molecule has 0 saturated carbocycles. The summed E-state index contributed by atoms with van der Waals surface area (Å²) in [5.74, 6) is 0.689. The van der Waals surface area contributed by atoms with Crippen molar-refractivity contribution < 1.29 is 9.53 Å². The quantitative estimate of drug-likeness (QED) is 0.467. The summed E-state index contributed by atoms with van der Waals surface area (Å²) in [5, 5.41) is 8.32. The van der Waals surface area contributed by atoms with Crippen LogP contribution in [-0.4, -0.2) is 37.4 Å². The van der Waals surface area contributed by atoms with Gasteiger partial charge in [0.2, 0.25) is 5.95 Å². The van der Waals surface area contributed by atoms with Crippen LogP contribution in [0.1, 0.15) is 24.3 Å². The van der Waals surface area contributed by atoms with Gasteiger partial charge in [-0.3, -0.25) is 9.78 Å². The summed E-state index contributed by atoms with van der Waals surface area (Å²) in [7, 11) is 0. The van der Waals surface area contributed by atoms with Crippen molar-refractivity contribution in [2.75, 3.05) is 11.9 Å². The molecule has 5 heterocycles. The molecule has 0 saturated heterocycles. The number of nitrogens with zero attached hydrogens (tertiary/aromatic N) is 4. The number of rotatable bonds is 3. The molecule has 0 fully saturated rings. The van der Waals surface area contributed by atoms with Crippen LogP contribution in [0.3, 0.4) is 0 Å². The van der Waals surface area contributed by atoms with Gasteiger partial charge in [-0.25, -0.2) is 9.97 Å². The average molecular weight is 375 g/mol. The van der Waals surface area contributed by atoms with E-state index >= 15 is 0 Å². The summed E-state index contributed by atoms with van der Waals surface area (Å²) in [5.41, 5.74) is 3.38. The predicted molar refractivity (Wildman–Crippen MR) is 103 cm³/mol. The Bertz CT molecular complexity index is 1200. The molecule has 9 nitrogen and oxygen atoms in total. The molecule has 1 atom stereocenters. The molecule has 140 valence electrons.